The third-order valence-corrected chi connectivity index (χ3v) is 4.14. The lowest BCUT2D eigenvalue weighted by atomic mass is 9.73. The van der Waals surface area contributed by atoms with Crippen LogP contribution in [0.1, 0.15) is 23.0 Å². The SMILES string of the molecule is N#CC(=C=N)C(c1ccccc1)C(C(C#N)=C(C#N)C#N)c1ccccc1. The normalized spacial score (nSPS) is 11.3. The van der Waals surface area contributed by atoms with Crippen LogP contribution in [0, 0.1) is 50.7 Å². The van der Waals surface area contributed by atoms with Crippen molar-refractivity contribution >= 4 is 5.87 Å². The fraction of sp³-hybridized carbons (Fsp3) is 0.0909. The lowest BCUT2D eigenvalue weighted by Crippen LogP contribution is -2.17. The van der Waals surface area contributed by atoms with Crippen LogP contribution in [0.15, 0.2) is 77.4 Å². The van der Waals surface area contributed by atoms with Crippen molar-refractivity contribution in [2.75, 3.05) is 0 Å². The van der Waals surface area contributed by atoms with Gasteiger partial charge in [0.25, 0.3) is 0 Å². The number of hydrogen-bond donors (Lipinski definition) is 1. The molecule has 27 heavy (non-hydrogen) atoms. The first-order valence-electron chi connectivity index (χ1n) is 7.95. The molecule has 0 heterocycles. The monoisotopic (exact) mass is 347 g/mol. The van der Waals surface area contributed by atoms with Crippen LogP contribution in [-0.2, 0) is 0 Å². The summed E-state index contributed by atoms with van der Waals surface area (Å²) in [6.45, 7) is 0. The van der Waals surface area contributed by atoms with Gasteiger partial charge in [0.05, 0.1) is 17.2 Å². The van der Waals surface area contributed by atoms with Crippen molar-refractivity contribution in [1.82, 2.24) is 0 Å². The maximum absolute atomic E-state index is 9.74. The Bertz CT molecular complexity index is 1050. The first-order valence-corrected chi connectivity index (χ1v) is 7.95. The predicted octanol–water partition coefficient (Wildman–Crippen LogP) is 4.12. The zero-order chi connectivity index (χ0) is 19.6. The Morgan fingerprint density at radius 2 is 1.15 bits per heavy atom. The standard InChI is InChI=1S/C22H13N5/c23-11-18(12-24)20(15-27)22(17-9-5-2-6-10-17)21(19(13-25)14-26)16-7-3-1-4-8-16/h1-10,21-22,25H. The lowest BCUT2D eigenvalue weighted by molar-refractivity contribution is 0.699. The molecule has 2 aromatic rings. The zero-order valence-corrected chi connectivity index (χ0v) is 14.2. The molecular formula is C22H13N5. The summed E-state index contributed by atoms with van der Waals surface area (Å²) < 4.78 is 0. The van der Waals surface area contributed by atoms with E-state index in [1.807, 2.05) is 18.2 Å². The van der Waals surface area contributed by atoms with Gasteiger partial charge < -0.3 is 0 Å². The number of allylic oxidation sites excluding steroid dienone is 3. The van der Waals surface area contributed by atoms with Gasteiger partial charge in [0.15, 0.2) is 0 Å². The molecule has 0 saturated carbocycles. The van der Waals surface area contributed by atoms with Crippen molar-refractivity contribution in [2.45, 2.75) is 11.8 Å². The van der Waals surface area contributed by atoms with E-state index in [1.165, 1.54) is 0 Å². The van der Waals surface area contributed by atoms with Crippen LogP contribution in [0.25, 0.3) is 0 Å². The zero-order valence-electron chi connectivity index (χ0n) is 14.2. The highest BCUT2D eigenvalue weighted by Gasteiger charge is 2.33. The fourth-order valence-corrected chi connectivity index (χ4v) is 2.97. The summed E-state index contributed by atoms with van der Waals surface area (Å²) in [5.41, 5.74) is 1.01. The van der Waals surface area contributed by atoms with Crippen LogP contribution in [0.5, 0.6) is 0 Å². The van der Waals surface area contributed by atoms with Gasteiger partial charge in [0.2, 0.25) is 0 Å². The highest BCUT2D eigenvalue weighted by Crippen LogP contribution is 2.43. The minimum atomic E-state index is -0.777. The highest BCUT2D eigenvalue weighted by atomic mass is 14.4. The van der Waals surface area contributed by atoms with Gasteiger partial charge in [0.1, 0.15) is 23.8 Å². The molecule has 5 heteroatoms. The minimum Gasteiger partial charge on any atom is -0.258 e. The molecule has 0 amide bonds. The first kappa shape index (κ1) is 18.9. The molecule has 0 radical (unpaired) electrons. The number of rotatable bonds is 5. The van der Waals surface area contributed by atoms with Crippen LogP contribution in [0.2, 0.25) is 0 Å². The molecule has 5 nitrogen and oxygen atoms in total. The van der Waals surface area contributed by atoms with Crippen molar-refractivity contribution < 1.29 is 0 Å². The van der Waals surface area contributed by atoms with Crippen LogP contribution < -0.4 is 0 Å². The summed E-state index contributed by atoms with van der Waals surface area (Å²) in [6.07, 6.45) is 0. The maximum atomic E-state index is 9.74. The molecule has 2 aromatic carbocycles. The maximum Gasteiger partial charge on any atom is 0.143 e. The molecule has 0 spiro atoms. The van der Waals surface area contributed by atoms with Gasteiger partial charge in [-0.3, -0.25) is 5.41 Å². The van der Waals surface area contributed by atoms with E-state index >= 15 is 0 Å². The van der Waals surface area contributed by atoms with Gasteiger partial charge in [-0.2, -0.15) is 21.0 Å². The molecule has 0 fully saturated rings. The van der Waals surface area contributed by atoms with Gasteiger partial charge in [0, 0.05) is 11.8 Å². The molecule has 2 atom stereocenters. The average molecular weight is 347 g/mol. The van der Waals surface area contributed by atoms with Gasteiger partial charge >= 0.3 is 0 Å². The Balaban J connectivity index is 2.90. The third-order valence-electron chi connectivity index (χ3n) is 4.14. The summed E-state index contributed by atoms with van der Waals surface area (Å²) in [4.78, 5) is 0. The summed E-state index contributed by atoms with van der Waals surface area (Å²) in [5.74, 6) is 0.651. The molecule has 0 saturated heterocycles. The van der Waals surface area contributed by atoms with Gasteiger partial charge in [-0.1, -0.05) is 60.7 Å². The molecule has 0 aliphatic rings. The van der Waals surface area contributed by atoms with E-state index in [1.54, 1.807) is 66.7 Å². The van der Waals surface area contributed by atoms with E-state index in [0.29, 0.717) is 11.1 Å². The first-order chi connectivity index (χ1) is 13.2. The van der Waals surface area contributed by atoms with Crippen molar-refractivity contribution in [3.05, 3.63) is 88.5 Å². The number of nitriles is 4. The van der Waals surface area contributed by atoms with E-state index in [-0.39, 0.29) is 16.7 Å². The highest BCUT2D eigenvalue weighted by molar-refractivity contribution is 5.67. The summed E-state index contributed by atoms with van der Waals surface area (Å²) in [6, 6.07) is 25.3. The van der Waals surface area contributed by atoms with Gasteiger partial charge in [-0.15, -0.1) is 0 Å². The molecule has 1 N–H and O–H groups in total. The molecule has 2 rings (SSSR count). The van der Waals surface area contributed by atoms with E-state index in [9.17, 15) is 21.0 Å². The van der Waals surface area contributed by atoms with E-state index < -0.39 is 11.8 Å². The van der Waals surface area contributed by atoms with Crippen molar-refractivity contribution in [3.8, 4) is 24.3 Å². The molecule has 0 aromatic heterocycles. The Labute approximate surface area is 157 Å². The summed E-state index contributed by atoms with van der Waals surface area (Å²) in [5, 5.41) is 45.5. The average Bonchev–Trinajstić information content (AvgIpc) is 2.74. The predicted molar refractivity (Wildman–Crippen MR) is 99.1 cm³/mol. The molecule has 0 aliphatic heterocycles. The summed E-state index contributed by atoms with van der Waals surface area (Å²) >= 11 is 0. The molecule has 126 valence electrons. The van der Waals surface area contributed by atoms with Crippen LogP contribution in [0.4, 0.5) is 0 Å². The Morgan fingerprint density at radius 1 is 0.667 bits per heavy atom. The fourth-order valence-electron chi connectivity index (χ4n) is 2.97. The second-order valence-electron chi connectivity index (χ2n) is 5.55. The second-order valence-corrected chi connectivity index (χ2v) is 5.55. The number of hydrogen-bond acceptors (Lipinski definition) is 5. The molecule has 0 bridgehead atoms. The van der Waals surface area contributed by atoms with Crippen molar-refractivity contribution in [3.63, 3.8) is 0 Å². The number of nitrogens with zero attached hydrogens (tertiary/aromatic N) is 4. The minimum absolute atomic E-state index is 0.0121. The van der Waals surface area contributed by atoms with Gasteiger partial charge in [-0.25, -0.2) is 0 Å². The van der Waals surface area contributed by atoms with E-state index in [2.05, 4.69) is 5.87 Å². The topological polar surface area (TPSA) is 119 Å². The van der Waals surface area contributed by atoms with Gasteiger partial charge in [-0.05, 0) is 17.0 Å². The Hall–Kier alpha value is -4.41. The quantitative estimate of drug-likeness (QED) is 0.646. The molecular weight excluding hydrogens is 334 g/mol. The lowest BCUT2D eigenvalue weighted by Gasteiger charge is -2.26. The molecule has 2 unspecified atom stereocenters. The largest absolute Gasteiger partial charge is 0.258 e. The second kappa shape index (κ2) is 9.17. The Kier molecular flexibility index (Phi) is 6.43. The van der Waals surface area contributed by atoms with E-state index in [0.717, 1.165) is 0 Å². The van der Waals surface area contributed by atoms with E-state index in [4.69, 9.17) is 5.41 Å². The van der Waals surface area contributed by atoms with Crippen molar-refractivity contribution in [2.24, 2.45) is 0 Å². The third kappa shape index (κ3) is 3.99. The van der Waals surface area contributed by atoms with Crippen molar-refractivity contribution in [1.29, 1.82) is 26.5 Å². The number of nitrogens with one attached hydrogen (secondary N) is 1. The Morgan fingerprint density at radius 3 is 1.52 bits per heavy atom. The van der Waals surface area contributed by atoms with Crippen LogP contribution in [0.3, 0.4) is 0 Å². The van der Waals surface area contributed by atoms with Crippen LogP contribution >= 0.6 is 0 Å². The smallest absolute Gasteiger partial charge is 0.143 e. The summed E-state index contributed by atoms with van der Waals surface area (Å²) in [7, 11) is 0. The van der Waals surface area contributed by atoms with Crippen LogP contribution in [-0.4, -0.2) is 5.87 Å². The molecule has 0 aliphatic carbocycles. The number of benzene rings is 2.